The lowest BCUT2D eigenvalue weighted by Crippen LogP contribution is -2.07. The number of rotatable bonds is 4. The Labute approximate surface area is 92.1 Å². The van der Waals surface area contributed by atoms with Crippen LogP contribution in [0.3, 0.4) is 0 Å². The summed E-state index contributed by atoms with van der Waals surface area (Å²) in [7, 11) is 0. The van der Waals surface area contributed by atoms with Crippen molar-refractivity contribution in [1.82, 2.24) is 0 Å². The van der Waals surface area contributed by atoms with Crippen molar-refractivity contribution in [3.05, 3.63) is 35.4 Å². The van der Waals surface area contributed by atoms with E-state index in [1.165, 1.54) is 5.56 Å². The molecule has 0 fully saturated rings. The SMILES string of the molecule is CC(C(=O)O)c1ccc(CCBr)cc1. The molecule has 0 heterocycles. The van der Waals surface area contributed by atoms with Gasteiger partial charge in [-0.25, -0.2) is 0 Å². The highest BCUT2D eigenvalue weighted by Crippen LogP contribution is 2.16. The minimum absolute atomic E-state index is 0.423. The Kier molecular flexibility index (Phi) is 4.14. The molecular formula is C11H13BrO2. The highest BCUT2D eigenvalue weighted by Gasteiger charge is 2.12. The molecule has 2 nitrogen and oxygen atoms in total. The van der Waals surface area contributed by atoms with Crippen LogP contribution >= 0.6 is 15.9 Å². The summed E-state index contributed by atoms with van der Waals surface area (Å²) >= 11 is 3.36. The van der Waals surface area contributed by atoms with E-state index in [-0.39, 0.29) is 0 Å². The van der Waals surface area contributed by atoms with Gasteiger partial charge in [0, 0.05) is 5.33 Å². The van der Waals surface area contributed by atoms with E-state index in [0.717, 1.165) is 17.3 Å². The zero-order chi connectivity index (χ0) is 10.6. The minimum Gasteiger partial charge on any atom is -0.481 e. The Bertz CT molecular complexity index is 306. The molecule has 14 heavy (non-hydrogen) atoms. The Hall–Kier alpha value is -0.830. The topological polar surface area (TPSA) is 37.3 Å². The molecule has 0 spiro atoms. The van der Waals surface area contributed by atoms with Crippen molar-refractivity contribution in [1.29, 1.82) is 0 Å². The van der Waals surface area contributed by atoms with Crippen LogP contribution in [0.15, 0.2) is 24.3 Å². The van der Waals surface area contributed by atoms with Gasteiger partial charge in [0.1, 0.15) is 0 Å². The van der Waals surface area contributed by atoms with Gasteiger partial charge in [0.05, 0.1) is 5.92 Å². The molecule has 76 valence electrons. The predicted octanol–water partition coefficient (Wildman–Crippen LogP) is 2.81. The second kappa shape index (κ2) is 5.15. The van der Waals surface area contributed by atoms with E-state index in [4.69, 9.17) is 5.11 Å². The van der Waals surface area contributed by atoms with Crippen molar-refractivity contribution in [3.63, 3.8) is 0 Å². The zero-order valence-electron chi connectivity index (χ0n) is 8.03. The number of hydrogen-bond acceptors (Lipinski definition) is 1. The Morgan fingerprint density at radius 2 is 2.00 bits per heavy atom. The quantitative estimate of drug-likeness (QED) is 0.842. The third-order valence-electron chi connectivity index (χ3n) is 2.23. The number of carboxylic acid groups (broad SMARTS) is 1. The van der Waals surface area contributed by atoms with Gasteiger partial charge in [0.15, 0.2) is 0 Å². The lowest BCUT2D eigenvalue weighted by Gasteiger charge is -2.06. The summed E-state index contributed by atoms with van der Waals surface area (Å²) in [5, 5.41) is 9.73. The third kappa shape index (κ3) is 2.84. The smallest absolute Gasteiger partial charge is 0.310 e. The van der Waals surface area contributed by atoms with Crippen molar-refractivity contribution in [2.24, 2.45) is 0 Å². The number of benzene rings is 1. The summed E-state index contributed by atoms with van der Waals surface area (Å²) in [6.07, 6.45) is 0.974. The van der Waals surface area contributed by atoms with Crippen molar-refractivity contribution >= 4 is 21.9 Å². The molecule has 0 amide bonds. The molecule has 1 aromatic rings. The van der Waals surface area contributed by atoms with Gasteiger partial charge in [-0.1, -0.05) is 40.2 Å². The number of carbonyl (C=O) groups is 1. The van der Waals surface area contributed by atoms with Crippen LogP contribution in [0, 0.1) is 0 Å². The number of hydrogen-bond donors (Lipinski definition) is 1. The fourth-order valence-electron chi connectivity index (χ4n) is 1.22. The number of aryl methyl sites for hydroxylation is 1. The van der Waals surface area contributed by atoms with Crippen molar-refractivity contribution in [3.8, 4) is 0 Å². The standard InChI is InChI=1S/C11H13BrO2/c1-8(11(13)14)10-4-2-9(3-5-10)6-7-12/h2-5,8H,6-7H2,1H3,(H,13,14). The molecule has 0 aliphatic rings. The van der Waals surface area contributed by atoms with Crippen LogP contribution in [0.1, 0.15) is 24.0 Å². The highest BCUT2D eigenvalue weighted by molar-refractivity contribution is 9.09. The van der Waals surface area contributed by atoms with Crippen molar-refractivity contribution < 1.29 is 9.90 Å². The fourth-order valence-corrected chi connectivity index (χ4v) is 1.68. The Morgan fingerprint density at radius 3 is 2.43 bits per heavy atom. The molecular weight excluding hydrogens is 244 g/mol. The first-order valence-electron chi connectivity index (χ1n) is 4.52. The van der Waals surface area contributed by atoms with Crippen LogP contribution in [0.5, 0.6) is 0 Å². The molecule has 1 aromatic carbocycles. The summed E-state index contributed by atoms with van der Waals surface area (Å²) in [4.78, 5) is 10.7. The minimum atomic E-state index is -0.779. The maximum Gasteiger partial charge on any atom is 0.310 e. The fraction of sp³-hybridized carbons (Fsp3) is 0.364. The average molecular weight is 257 g/mol. The van der Waals surface area contributed by atoms with Gasteiger partial charge in [-0.15, -0.1) is 0 Å². The first kappa shape index (κ1) is 11.2. The van der Waals surface area contributed by atoms with Crippen LogP contribution in [0.4, 0.5) is 0 Å². The molecule has 1 unspecified atom stereocenters. The molecule has 0 saturated carbocycles. The van der Waals surface area contributed by atoms with Gasteiger partial charge in [0.25, 0.3) is 0 Å². The largest absolute Gasteiger partial charge is 0.481 e. The van der Waals surface area contributed by atoms with Gasteiger partial charge >= 0.3 is 5.97 Å². The molecule has 1 rings (SSSR count). The molecule has 1 N–H and O–H groups in total. The number of halogens is 1. The molecule has 3 heteroatoms. The zero-order valence-corrected chi connectivity index (χ0v) is 9.62. The average Bonchev–Trinajstić information content (AvgIpc) is 2.18. The van der Waals surface area contributed by atoms with E-state index in [9.17, 15) is 4.79 Å². The summed E-state index contributed by atoms with van der Waals surface area (Å²) in [6.45, 7) is 1.70. The number of alkyl halides is 1. The Morgan fingerprint density at radius 1 is 1.43 bits per heavy atom. The van der Waals surface area contributed by atoms with Crippen LogP contribution in [-0.2, 0) is 11.2 Å². The molecule has 0 aliphatic heterocycles. The Balaban J connectivity index is 2.77. The van der Waals surface area contributed by atoms with Gasteiger partial charge in [-0.2, -0.15) is 0 Å². The van der Waals surface area contributed by atoms with Crippen LogP contribution in [0.2, 0.25) is 0 Å². The first-order chi connectivity index (χ1) is 6.65. The number of carboxylic acids is 1. The van der Waals surface area contributed by atoms with Gasteiger partial charge < -0.3 is 5.11 Å². The molecule has 0 bridgehead atoms. The molecule has 0 aromatic heterocycles. The maximum atomic E-state index is 10.7. The molecule has 0 radical (unpaired) electrons. The molecule has 0 aliphatic carbocycles. The van der Waals surface area contributed by atoms with E-state index >= 15 is 0 Å². The second-order valence-electron chi connectivity index (χ2n) is 3.24. The van der Waals surface area contributed by atoms with Crippen molar-refractivity contribution in [2.45, 2.75) is 19.3 Å². The van der Waals surface area contributed by atoms with Gasteiger partial charge in [-0.05, 0) is 24.5 Å². The monoisotopic (exact) mass is 256 g/mol. The van der Waals surface area contributed by atoms with E-state index in [1.54, 1.807) is 6.92 Å². The van der Waals surface area contributed by atoms with E-state index < -0.39 is 11.9 Å². The van der Waals surface area contributed by atoms with Gasteiger partial charge in [-0.3, -0.25) is 4.79 Å². The van der Waals surface area contributed by atoms with E-state index in [1.807, 2.05) is 24.3 Å². The summed E-state index contributed by atoms with van der Waals surface area (Å²) in [6, 6.07) is 7.74. The maximum absolute atomic E-state index is 10.7. The summed E-state index contributed by atoms with van der Waals surface area (Å²) in [5.41, 5.74) is 2.08. The third-order valence-corrected chi connectivity index (χ3v) is 2.63. The number of aliphatic carboxylic acids is 1. The van der Waals surface area contributed by atoms with Crippen LogP contribution in [-0.4, -0.2) is 16.4 Å². The molecule has 0 saturated heterocycles. The second-order valence-corrected chi connectivity index (χ2v) is 4.03. The van der Waals surface area contributed by atoms with E-state index in [0.29, 0.717) is 0 Å². The summed E-state index contributed by atoms with van der Waals surface area (Å²) in [5.74, 6) is -1.20. The molecule has 1 atom stereocenters. The normalized spacial score (nSPS) is 12.4. The van der Waals surface area contributed by atoms with Gasteiger partial charge in [0.2, 0.25) is 0 Å². The lowest BCUT2D eigenvalue weighted by molar-refractivity contribution is -0.138. The highest BCUT2D eigenvalue weighted by atomic mass is 79.9. The van der Waals surface area contributed by atoms with Crippen molar-refractivity contribution in [2.75, 3.05) is 5.33 Å². The first-order valence-corrected chi connectivity index (χ1v) is 5.65. The van der Waals surface area contributed by atoms with Crippen LogP contribution < -0.4 is 0 Å². The summed E-state index contributed by atoms with van der Waals surface area (Å²) < 4.78 is 0. The van der Waals surface area contributed by atoms with Crippen LogP contribution in [0.25, 0.3) is 0 Å². The lowest BCUT2D eigenvalue weighted by atomic mass is 10.00. The predicted molar refractivity (Wildman–Crippen MR) is 60.0 cm³/mol. The van der Waals surface area contributed by atoms with E-state index in [2.05, 4.69) is 15.9 Å².